The van der Waals surface area contributed by atoms with E-state index in [0.29, 0.717) is 13.0 Å². The van der Waals surface area contributed by atoms with E-state index in [9.17, 15) is 4.79 Å². The summed E-state index contributed by atoms with van der Waals surface area (Å²) in [4.78, 5) is 10.7. The topological polar surface area (TPSA) is 61.4 Å². The van der Waals surface area contributed by atoms with Crippen LogP contribution < -0.4 is 10.6 Å². The van der Waals surface area contributed by atoms with E-state index in [4.69, 9.17) is 5.11 Å². The lowest BCUT2D eigenvalue weighted by atomic mass is 10.2. The highest BCUT2D eigenvalue weighted by Crippen LogP contribution is 1.86. The van der Waals surface area contributed by atoms with Gasteiger partial charge in [-0.15, -0.1) is 0 Å². The van der Waals surface area contributed by atoms with Crippen molar-refractivity contribution in [1.29, 1.82) is 0 Å². The molecule has 0 aromatic carbocycles. The van der Waals surface area contributed by atoms with Crippen LogP contribution >= 0.6 is 0 Å². The van der Waals surface area contributed by atoms with Crippen LogP contribution in [-0.2, 0) is 4.79 Å². The minimum atomic E-state index is -0.0326. The predicted octanol–water partition coefficient (Wildman–Crippen LogP) is -0.907. The van der Waals surface area contributed by atoms with Crippen LogP contribution in [0.1, 0.15) is 13.3 Å². The van der Waals surface area contributed by atoms with Gasteiger partial charge in [0.05, 0.1) is 6.54 Å². The minimum absolute atomic E-state index is 0.0326. The highest BCUT2D eigenvalue weighted by molar-refractivity contribution is 5.77. The summed E-state index contributed by atoms with van der Waals surface area (Å²) in [5.74, 6) is -0.0326. The van der Waals surface area contributed by atoms with Gasteiger partial charge in [-0.05, 0) is 13.3 Å². The number of aliphatic hydroxyl groups is 1. The molecule has 1 atom stereocenters. The molecule has 66 valence electrons. The minimum Gasteiger partial charge on any atom is -0.396 e. The van der Waals surface area contributed by atoms with Gasteiger partial charge >= 0.3 is 0 Å². The van der Waals surface area contributed by atoms with E-state index >= 15 is 0 Å². The van der Waals surface area contributed by atoms with Crippen LogP contribution in [-0.4, -0.2) is 37.3 Å². The Balaban J connectivity index is 3.29. The van der Waals surface area contributed by atoms with Crippen LogP contribution in [0.4, 0.5) is 0 Å². The summed E-state index contributed by atoms with van der Waals surface area (Å²) in [5, 5.41) is 14.0. The Labute approximate surface area is 67.0 Å². The maximum absolute atomic E-state index is 10.7. The van der Waals surface area contributed by atoms with E-state index in [-0.39, 0.29) is 18.6 Å². The molecule has 0 aliphatic carbocycles. The molecule has 0 saturated carbocycles. The molecule has 4 heteroatoms. The van der Waals surface area contributed by atoms with Gasteiger partial charge in [0.15, 0.2) is 0 Å². The quantitative estimate of drug-likeness (QED) is 0.488. The van der Waals surface area contributed by atoms with Crippen LogP contribution in [0.3, 0.4) is 0 Å². The molecule has 0 aromatic heterocycles. The number of rotatable bonds is 5. The molecule has 0 fully saturated rings. The van der Waals surface area contributed by atoms with Crippen molar-refractivity contribution in [3.63, 3.8) is 0 Å². The number of aliphatic hydroxyl groups excluding tert-OH is 1. The lowest BCUT2D eigenvalue weighted by molar-refractivity contribution is -0.119. The molecule has 0 rings (SSSR count). The smallest absolute Gasteiger partial charge is 0.233 e. The highest BCUT2D eigenvalue weighted by atomic mass is 16.3. The predicted molar refractivity (Wildman–Crippen MR) is 43.2 cm³/mol. The number of nitrogens with one attached hydrogen (secondary N) is 2. The first-order valence-electron chi connectivity index (χ1n) is 3.75. The molecule has 0 aromatic rings. The van der Waals surface area contributed by atoms with Gasteiger partial charge in [0.25, 0.3) is 0 Å². The SMILES string of the molecule is CNC(=O)CNC(C)CCO. The summed E-state index contributed by atoms with van der Waals surface area (Å²) in [7, 11) is 1.60. The van der Waals surface area contributed by atoms with Crippen LogP contribution in [0.15, 0.2) is 0 Å². The van der Waals surface area contributed by atoms with Gasteiger partial charge in [-0.3, -0.25) is 4.79 Å². The Morgan fingerprint density at radius 1 is 1.64 bits per heavy atom. The summed E-state index contributed by atoms with van der Waals surface area (Å²) in [6.07, 6.45) is 0.678. The van der Waals surface area contributed by atoms with Gasteiger partial charge in [-0.2, -0.15) is 0 Å². The number of carbonyl (C=O) groups is 1. The number of hydrogen-bond acceptors (Lipinski definition) is 3. The molecule has 11 heavy (non-hydrogen) atoms. The monoisotopic (exact) mass is 160 g/mol. The van der Waals surface area contributed by atoms with Gasteiger partial charge in [-0.1, -0.05) is 0 Å². The van der Waals surface area contributed by atoms with Crippen molar-refractivity contribution in [1.82, 2.24) is 10.6 Å². The first kappa shape index (κ1) is 10.4. The highest BCUT2D eigenvalue weighted by Gasteiger charge is 2.01. The largest absolute Gasteiger partial charge is 0.396 e. The van der Waals surface area contributed by atoms with Gasteiger partial charge in [0, 0.05) is 19.7 Å². The summed E-state index contributed by atoms with van der Waals surface area (Å²) in [6, 6.07) is 0.192. The third kappa shape index (κ3) is 5.82. The van der Waals surface area contributed by atoms with Crippen molar-refractivity contribution in [3.05, 3.63) is 0 Å². The molecule has 0 heterocycles. The summed E-state index contributed by atoms with van der Waals surface area (Å²) in [5.41, 5.74) is 0. The second-order valence-corrected chi connectivity index (χ2v) is 2.47. The fourth-order valence-corrected chi connectivity index (χ4v) is 0.651. The Morgan fingerprint density at radius 3 is 2.73 bits per heavy atom. The maximum Gasteiger partial charge on any atom is 0.233 e. The lowest BCUT2D eigenvalue weighted by Crippen LogP contribution is -2.36. The van der Waals surface area contributed by atoms with Gasteiger partial charge in [0.1, 0.15) is 0 Å². The molecule has 4 nitrogen and oxygen atoms in total. The van der Waals surface area contributed by atoms with E-state index < -0.39 is 0 Å². The summed E-state index contributed by atoms with van der Waals surface area (Å²) < 4.78 is 0. The average molecular weight is 160 g/mol. The Morgan fingerprint density at radius 2 is 2.27 bits per heavy atom. The van der Waals surface area contributed by atoms with Crippen molar-refractivity contribution in [2.24, 2.45) is 0 Å². The maximum atomic E-state index is 10.7. The van der Waals surface area contributed by atoms with E-state index in [1.54, 1.807) is 7.05 Å². The van der Waals surface area contributed by atoms with Gasteiger partial charge < -0.3 is 15.7 Å². The second kappa shape index (κ2) is 6.12. The molecule has 0 aliphatic heterocycles. The molecule has 0 spiro atoms. The third-order valence-corrected chi connectivity index (χ3v) is 1.45. The first-order chi connectivity index (χ1) is 5.20. The molecule has 0 bridgehead atoms. The van der Waals surface area contributed by atoms with E-state index in [1.807, 2.05) is 6.92 Å². The molecule has 1 amide bonds. The van der Waals surface area contributed by atoms with Crippen LogP contribution in [0.2, 0.25) is 0 Å². The van der Waals surface area contributed by atoms with Crippen molar-refractivity contribution < 1.29 is 9.90 Å². The van der Waals surface area contributed by atoms with Gasteiger partial charge in [0.2, 0.25) is 5.91 Å². The zero-order valence-corrected chi connectivity index (χ0v) is 7.05. The molecular weight excluding hydrogens is 144 g/mol. The Kier molecular flexibility index (Phi) is 5.78. The molecular formula is C7H16N2O2. The lowest BCUT2D eigenvalue weighted by Gasteiger charge is -2.10. The van der Waals surface area contributed by atoms with Crippen molar-refractivity contribution in [2.45, 2.75) is 19.4 Å². The zero-order valence-electron chi connectivity index (χ0n) is 7.05. The molecule has 0 radical (unpaired) electrons. The van der Waals surface area contributed by atoms with E-state index in [1.165, 1.54) is 0 Å². The normalized spacial score (nSPS) is 12.6. The van der Waals surface area contributed by atoms with Crippen LogP contribution in [0, 0.1) is 0 Å². The molecule has 0 saturated heterocycles. The Hall–Kier alpha value is -0.610. The molecule has 3 N–H and O–H groups in total. The van der Waals surface area contributed by atoms with Crippen LogP contribution in [0.25, 0.3) is 0 Å². The number of amides is 1. The van der Waals surface area contributed by atoms with E-state index in [2.05, 4.69) is 10.6 Å². The number of likely N-dealkylation sites (N-methyl/N-ethyl adjacent to an activating group) is 1. The van der Waals surface area contributed by atoms with Gasteiger partial charge in [-0.25, -0.2) is 0 Å². The third-order valence-electron chi connectivity index (χ3n) is 1.45. The summed E-state index contributed by atoms with van der Waals surface area (Å²) in [6.45, 7) is 2.40. The standard InChI is InChI=1S/C7H16N2O2/c1-6(3-4-10)9-5-7(11)8-2/h6,9-10H,3-5H2,1-2H3,(H,8,11). The van der Waals surface area contributed by atoms with Crippen LogP contribution in [0.5, 0.6) is 0 Å². The number of carbonyl (C=O) groups excluding carboxylic acids is 1. The first-order valence-corrected chi connectivity index (χ1v) is 3.75. The Bertz CT molecular complexity index is 117. The van der Waals surface area contributed by atoms with Crippen molar-refractivity contribution in [2.75, 3.05) is 20.2 Å². The molecule has 1 unspecified atom stereocenters. The number of hydrogen-bond donors (Lipinski definition) is 3. The second-order valence-electron chi connectivity index (χ2n) is 2.47. The fraction of sp³-hybridized carbons (Fsp3) is 0.857. The average Bonchev–Trinajstić information content (AvgIpc) is 2.01. The fourth-order valence-electron chi connectivity index (χ4n) is 0.651. The zero-order chi connectivity index (χ0) is 8.69. The van der Waals surface area contributed by atoms with Crippen molar-refractivity contribution in [3.8, 4) is 0 Å². The van der Waals surface area contributed by atoms with Crippen molar-refractivity contribution >= 4 is 5.91 Å². The molecule has 0 aliphatic rings. The summed E-state index contributed by atoms with van der Waals surface area (Å²) >= 11 is 0. The van der Waals surface area contributed by atoms with E-state index in [0.717, 1.165) is 0 Å².